The van der Waals surface area contributed by atoms with Crippen molar-refractivity contribution in [3.63, 3.8) is 0 Å². The number of methoxy groups -OCH3 is 1. The SMILES string of the molecule is COC(C)(C)CCOCCCCCS(=O)(=O)Cl. The Labute approximate surface area is 109 Å². The van der Waals surface area contributed by atoms with E-state index in [1.165, 1.54) is 0 Å². The molecule has 4 nitrogen and oxygen atoms in total. The topological polar surface area (TPSA) is 52.6 Å². The van der Waals surface area contributed by atoms with E-state index in [0.29, 0.717) is 19.6 Å². The van der Waals surface area contributed by atoms with Gasteiger partial charge in [0.1, 0.15) is 0 Å². The van der Waals surface area contributed by atoms with Crippen LogP contribution in [0.3, 0.4) is 0 Å². The third-order valence-electron chi connectivity index (χ3n) is 2.58. The summed E-state index contributed by atoms with van der Waals surface area (Å²) < 4.78 is 32.0. The molecule has 104 valence electrons. The summed E-state index contributed by atoms with van der Waals surface area (Å²) in [4.78, 5) is 0. The van der Waals surface area contributed by atoms with Gasteiger partial charge in [0.2, 0.25) is 9.05 Å². The Morgan fingerprint density at radius 3 is 2.29 bits per heavy atom. The van der Waals surface area contributed by atoms with Crippen LogP contribution in [0, 0.1) is 0 Å². The second kappa shape index (κ2) is 8.29. The van der Waals surface area contributed by atoms with Gasteiger partial charge in [-0.2, -0.15) is 0 Å². The second-order valence-electron chi connectivity index (χ2n) is 4.63. The van der Waals surface area contributed by atoms with Crippen molar-refractivity contribution in [3.05, 3.63) is 0 Å². The van der Waals surface area contributed by atoms with Crippen LogP contribution >= 0.6 is 10.7 Å². The van der Waals surface area contributed by atoms with E-state index in [1.54, 1.807) is 7.11 Å². The van der Waals surface area contributed by atoms with Crippen LogP contribution in [0.1, 0.15) is 39.5 Å². The van der Waals surface area contributed by atoms with Gasteiger partial charge in [0.05, 0.1) is 11.4 Å². The number of halogens is 1. The zero-order valence-corrected chi connectivity index (χ0v) is 12.4. The fraction of sp³-hybridized carbons (Fsp3) is 1.00. The van der Waals surface area contributed by atoms with Crippen molar-refractivity contribution >= 4 is 19.7 Å². The number of unbranched alkanes of at least 4 members (excludes halogenated alkanes) is 2. The molecule has 0 N–H and O–H groups in total. The summed E-state index contributed by atoms with van der Waals surface area (Å²) >= 11 is 0. The van der Waals surface area contributed by atoms with Gasteiger partial charge in [-0.25, -0.2) is 8.42 Å². The molecular formula is C11H23ClO4S. The Morgan fingerprint density at radius 2 is 1.76 bits per heavy atom. The molecule has 17 heavy (non-hydrogen) atoms. The Morgan fingerprint density at radius 1 is 1.12 bits per heavy atom. The van der Waals surface area contributed by atoms with Crippen molar-refractivity contribution in [1.82, 2.24) is 0 Å². The Bertz CT molecular complexity index is 288. The minimum absolute atomic E-state index is 0.0469. The maximum absolute atomic E-state index is 10.6. The fourth-order valence-corrected chi connectivity index (χ4v) is 2.05. The molecule has 0 bridgehead atoms. The van der Waals surface area contributed by atoms with Crippen molar-refractivity contribution in [2.24, 2.45) is 0 Å². The van der Waals surface area contributed by atoms with Gasteiger partial charge in [0, 0.05) is 31.0 Å². The molecule has 0 heterocycles. The smallest absolute Gasteiger partial charge is 0.232 e. The molecule has 0 saturated carbocycles. The lowest BCUT2D eigenvalue weighted by Crippen LogP contribution is -2.24. The first-order valence-electron chi connectivity index (χ1n) is 5.82. The molecular weight excluding hydrogens is 264 g/mol. The first-order chi connectivity index (χ1) is 7.77. The highest BCUT2D eigenvalue weighted by Crippen LogP contribution is 2.12. The highest BCUT2D eigenvalue weighted by atomic mass is 35.7. The summed E-state index contributed by atoms with van der Waals surface area (Å²) in [5.74, 6) is 0.0469. The van der Waals surface area contributed by atoms with Gasteiger partial charge in [0.25, 0.3) is 0 Å². The van der Waals surface area contributed by atoms with E-state index in [-0.39, 0.29) is 11.4 Å². The Balaban J connectivity index is 3.31. The van der Waals surface area contributed by atoms with Gasteiger partial charge < -0.3 is 9.47 Å². The Kier molecular flexibility index (Phi) is 8.37. The molecule has 6 heteroatoms. The van der Waals surface area contributed by atoms with E-state index in [4.69, 9.17) is 20.2 Å². The van der Waals surface area contributed by atoms with Crippen molar-refractivity contribution in [2.75, 3.05) is 26.1 Å². The predicted molar refractivity (Wildman–Crippen MR) is 70.0 cm³/mol. The van der Waals surface area contributed by atoms with E-state index < -0.39 is 9.05 Å². The third kappa shape index (κ3) is 12.4. The molecule has 0 amide bonds. The van der Waals surface area contributed by atoms with Crippen LogP contribution in [0.15, 0.2) is 0 Å². The van der Waals surface area contributed by atoms with Crippen molar-refractivity contribution in [3.8, 4) is 0 Å². The van der Waals surface area contributed by atoms with Crippen LogP contribution in [-0.4, -0.2) is 40.1 Å². The third-order valence-corrected chi connectivity index (χ3v) is 3.82. The summed E-state index contributed by atoms with van der Waals surface area (Å²) in [7, 11) is 3.45. The lowest BCUT2D eigenvalue weighted by Gasteiger charge is -2.22. The zero-order chi connectivity index (χ0) is 13.4. The fourth-order valence-electron chi connectivity index (χ4n) is 1.18. The molecule has 0 aromatic heterocycles. The van der Waals surface area contributed by atoms with E-state index in [2.05, 4.69) is 0 Å². The van der Waals surface area contributed by atoms with E-state index in [0.717, 1.165) is 19.3 Å². The first-order valence-corrected chi connectivity index (χ1v) is 8.30. The molecule has 0 rings (SSSR count). The summed E-state index contributed by atoms with van der Waals surface area (Å²) in [6, 6.07) is 0. The molecule has 0 aromatic carbocycles. The molecule has 0 unspecified atom stereocenters. The monoisotopic (exact) mass is 286 g/mol. The molecule has 0 aliphatic carbocycles. The summed E-state index contributed by atoms with van der Waals surface area (Å²) in [6.45, 7) is 5.35. The standard InChI is InChI=1S/C11H23ClO4S/c1-11(2,15-3)7-9-16-8-5-4-6-10-17(12,13)14/h4-10H2,1-3H3. The second-order valence-corrected chi connectivity index (χ2v) is 7.53. The number of ether oxygens (including phenoxy) is 2. The maximum Gasteiger partial charge on any atom is 0.232 e. The van der Waals surface area contributed by atoms with Crippen molar-refractivity contribution < 1.29 is 17.9 Å². The molecule has 0 atom stereocenters. The van der Waals surface area contributed by atoms with Crippen molar-refractivity contribution in [1.29, 1.82) is 0 Å². The predicted octanol–water partition coefficient (Wildman–Crippen LogP) is 2.56. The van der Waals surface area contributed by atoms with Gasteiger partial charge in [0.15, 0.2) is 0 Å². The molecule has 0 radical (unpaired) electrons. The molecule has 0 fully saturated rings. The molecule has 0 saturated heterocycles. The molecule has 0 aromatic rings. The van der Waals surface area contributed by atoms with Gasteiger partial charge in [-0.15, -0.1) is 0 Å². The normalized spacial score (nSPS) is 12.9. The molecule has 0 aliphatic rings. The highest BCUT2D eigenvalue weighted by molar-refractivity contribution is 8.13. The minimum atomic E-state index is -3.33. The number of hydrogen-bond acceptors (Lipinski definition) is 4. The van der Waals surface area contributed by atoms with E-state index >= 15 is 0 Å². The molecule has 0 aliphatic heterocycles. The van der Waals surface area contributed by atoms with Crippen LogP contribution in [-0.2, 0) is 18.5 Å². The maximum atomic E-state index is 10.6. The van der Waals surface area contributed by atoms with E-state index in [1.807, 2.05) is 13.8 Å². The summed E-state index contributed by atoms with van der Waals surface area (Å²) in [5, 5.41) is 0. The quantitative estimate of drug-likeness (QED) is 0.457. The zero-order valence-electron chi connectivity index (χ0n) is 10.9. The summed E-state index contributed by atoms with van der Waals surface area (Å²) in [6.07, 6.45) is 3.12. The van der Waals surface area contributed by atoms with Crippen LogP contribution in [0.4, 0.5) is 0 Å². The van der Waals surface area contributed by atoms with Crippen LogP contribution in [0.25, 0.3) is 0 Å². The first kappa shape index (κ1) is 17.2. The average molecular weight is 287 g/mol. The summed E-state index contributed by atoms with van der Waals surface area (Å²) in [5.41, 5.74) is -0.146. The Hall–Kier alpha value is 0.160. The van der Waals surface area contributed by atoms with Crippen LogP contribution in [0.2, 0.25) is 0 Å². The molecule has 0 spiro atoms. The average Bonchev–Trinajstić information content (AvgIpc) is 2.20. The minimum Gasteiger partial charge on any atom is -0.381 e. The van der Waals surface area contributed by atoms with Gasteiger partial charge in [-0.05, 0) is 33.1 Å². The van der Waals surface area contributed by atoms with Gasteiger partial charge in [-0.1, -0.05) is 6.42 Å². The largest absolute Gasteiger partial charge is 0.381 e. The van der Waals surface area contributed by atoms with Gasteiger partial charge >= 0.3 is 0 Å². The van der Waals surface area contributed by atoms with Crippen LogP contribution in [0.5, 0.6) is 0 Å². The number of rotatable bonds is 10. The lowest BCUT2D eigenvalue weighted by atomic mass is 10.1. The number of hydrogen-bond donors (Lipinski definition) is 0. The highest BCUT2D eigenvalue weighted by Gasteiger charge is 2.15. The van der Waals surface area contributed by atoms with Crippen molar-refractivity contribution in [2.45, 2.75) is 45.1 Å². The lowest BCUT2D eigenvalue weighted by molar-refractivity contribution is -0.0101. The van der Waals surface area contributed by atoms with E-state index in [9.17, 15) is 8.42 Å². The van der Waals surface area contributed by atoms with Gasteiger partial charge in [-0.3, -0.25) is 0 Å². The van der Waals surface area contributed by atoms with Crippen LogP contribution < -0.4 is 0 Å².